The maximum Gasteiger partial charge on any atom is 0.327 e. The molecule has 1 aromatic rings. The third kappa shape index (κ3) is 5.63. The van der Waals surface area contributed by atoms with Gasteiger partial charge in [-0.3, -0.25) is 14.2 Å². The largest absolute Gasteiger partial charge is 0.481 e. The number of halogens is 1. The quantitative estimate of drug-likeness (QED) is 0.309. The number of rotatable bonds is 10. The van der Waals surface area contributed by atoms with E-state index in [2.05, 4.69) is 10.1 Å². The lowest BCUT2D eigenvalue weighted by Gasteiger charge is -2.16. The van der Waals surface area contributed by atoms with Gasteiger partial charge in [-0.2, -0.15) is 0 Å². The van der Waals surface area contributed by atoms with Crippen LogP contribution in [0.3, 0.4) is 0 Å². The van der Waals surface area contributed by atoms with Crippen molar-refractivity contribution >= 4 is 23.5 Å². The van der Waals surface area contributed by atoms with Crippen LogP contribution in [0.4, 0.5) is 0 Å². The SMILES string of the molecule is CCO/N=c1\c(C)c(C(CC(=O)O)C(N)=O)[nH]c(=O)n1CCCCCl. The van der Waals surface area contributed by atoms with Crippen molar-refractivity contribution in [3.05, 3.63) is 27.2 Å². The van der Waals surface area contributed by atoms with Crippen LogP contribution in [0.15, 0.2) is 9.95 Å². The van der Waals surface area contributed by atoms with E-state index in [1.807, 2.05) is 0 Å². The second-order valence-corrected chi connectivity index (χ2v) is 5.78. The maximum absolute atomic E-state index is 12.4. The first-order valence-electron chi connectivity index (χ1n) is 7.90. The highest BCUT2D eigenvalue weighted by atomic mass is 35.5. The zero-order chi connectivity index (χ0) is 19.0. The van der Waals surface area contributed by atoms with Crippen molar-refractivity contribution in [2.24, 2.45) is 10.9 Å². The van der Waals surface area contributed by atoms with Crippen molar-refractivity contribution in [2.45, 2.75) is 45.6 Å². The van der Waals surface area contributed by atoms with Crippen LogP contribution >= 0.6 is 11.6 Å². The molecule has 0 aliphatic carbocycles. The molecule has 0 spiro atoms. The van der Waals surface area contributed by atoms with Crippen molar-refractivity contribution in [3.8, 4) is 0 Å². The van der Waals surface area contributed by atoms with Gasteiger partial charge in [-0.1, -0.05) is 5.16 Å². The second kappa shape index (κ2) is 9.87. The Morgan fingerprint density at radius 1 is 1.44 bits per heavy atom. The summed E-state index contributed by atoms with van der Waals surface area (Å²) in [6.07, 6.45) is 0.835. The molecule has 0 radical (unpaired) electrons. The number of aromatic amines is 1. The van der Waals surface area contributed by atoms with Crippen molar-refractivity contribution in [2.75, 3.05) is 12.5 Å². The monoisotopic (exact) mass is 374 g/mol. The summed E-state index contributed by atoms with van der Waals surface area (Å²) in [5.74, 6) is -2.75. The molecule has 140 valence electrons. The topological polar surface area (TPSA) is 140 Å². The van der Waals surface area contributed by atoms with Gasteiger partial charge in [0.25, 0.3) is 0 Å². The van der Waals surface area contributed by atoms with Gasteiger partial charge in [-0.25, -0.2) is 4.79 Å². The van der Waals surface area contributed by atoms with E-state index in [1.54, 1.807) is 13.8 Å². The van der Waals surface area contributed by atoms with Crippen LogP contribution in [0.5, 0.6) is 0 Å². The Kier molecular flexibility index (Phi) is 8.20. The third-order valence-corrected chi connectivity index (χ3v) is 3.87. The van der Waals surface area contributed by atoms with Gasteiger partial charge in [0, 0.05) is 23.7 Å². The molecule has 1 rings (SSSR count). The molecule has 1 unspecified atom stereocenters. The van der Waals surface area contributed by atoms with E-state index < -0.39 is 29.9 Å². The molecular formula is C15H23ClN4O5. The Morgan fingerprint density at radius 2 is 2.12 bits per heavy atom. The van der Waals surface area contributed by atoms with E-state index in [1.165, 1.54) is 4.57 Å². The molecule has 0 aromatic carbocycles. The first kappa shape index (κ1) is 20.8. The molecular weight excluding hydrogens is 352 g/mol. The van der Waals surface area contributed by atoms with E-state index in [0.717, 1.165) is 0 Å². The molecule has 10 heteroatoms. The highest BCUT2D eigenvalue weighted by molar-refractivity contribution is 6.17. The normalized spacial score (nSPS) is 12.8. The Morgan fingerprint density at radius 3 is 2.64 bits per heavy atom. The summed E-state index contributed by atoms with van der Waals surface area (Å²) in [6, 6.07) is 0. The van der Waals surface area contributed by atoms with Gasteiger partial charge in [0.05, 0.1) is 12.3 Å². The Balaban J connectivity index is 3.52. The number of aliphatic carboxylic acids is 1. The molecule has 4 N–H and O–H groups in total. The number of carboxylic acids is 1. The number of carbonyl (C=O) groups excluding carboxylic acids is 1. The van der Waals surface area contributed by atoms with Crippen LogP contribution in [-0.2, 0) is 21.0 Å². The van der Waals surface area contributed by atoms with E-state index in [0.29, 0.717) is 30.8 Å². The first-order chi connectivity index (χ1) is 11.8. The van der Waals surface area contributed by atoms with Crippen LogP contribution < -0.4 is 16.9 Å². The van der Waals surface area contributed by atoms with Crippen molar-refractivity contribution in [1.82, 2.24) is 9.55 Å². The average molecular weight is 375 g/mol. The summed E-state index contributed by atoms with van der Waals surface area (Å²) < 4.78 is 1.37. The predicted octanol–water partition coefficient (Wildman–Crippen LogP) is 0.400. The number of amides is 1. The van der Waals surface area contributed by atoms with Gasteiger partial charge >= 0.3 is 11.7 Å². The van der Waals surface area contributed by atoms with Crippen LogP contribution in [0.2, 0.25) is 0 Å². The molecule has 0 saturated heterocycles. The summed E-state index contributed by atoms with van der Waals surface area (Å²) in [4.78, 5) is 42.8. The number of unbranched alkanes of at least 4 members (excludes halogenated alkanes) is 1. The summed E-state index contributed by atoms with van der Waals surface area (Å²) >= 11 is 5.66. The number of alkyl halides is 1. The average Bonchev–Trinajstić information content (AvgIpc) is 2.54. The number of nitrogens with two attached hydrogens (primary N) is 1. The minimum Gasteiger partial charge on any atom is -0.481 e. The van der Waals surface area contributed by atoms with E-state index in [-0.39, 0.29) is 17.8 Å². The van der Waals surface area contributed by atoms with Gasteiger partial charge in [-0.15, -0.1) is 11.6 Å². The number of carbonyl (C=O) groups is 2. The van der Waals surface area contributed by atoms with Crippen molar-refractivity contribution < 1.29 is 19.5 Å². The molecule has 0 fully saturated rings. The highest BCUT2D eigenvalue weighted by Gasteiger charge is 2.26. The Bertz CT molecular complexity index is 740. The van der Waals surface area contributed by atoms with Gasteiger partial charge in [-0.05, 0) is 26.7 Å². The zero-order valence-corrected chi connectivity index (χ0v) is 15.0. The van der Waals surface area contributed by atoms with Gasteiger partial charge < -0.3 is 20.7 Å². The molecule has 1 atom stereocenters. The number of H-pyrrole nitrogens is 1. The number of hydrogen-bond donors (Lipinski definition) is 3. The molecule has 0 aliphatic heterocycles. The fourth-order valence-corrected chi connectivity index (χ4v) is 2.57. The van der Waals surface area contributed by atoms with Crippen LogP contribution in [0.1, 0.15) is 43.4 Å². The summed E-state index contributed by atoms with van der Waals surface area (Å²) in [5.41, 5.74) is 5.59. The van der Waals surface area contributed by atoms with Gasteiger partial charge in [0.2, 0.25) is 5.91 Å². The summed E-state index contributed by atoms with van der Waals surface area (Å²) in [6.45, 7) is 4.01. The fraction of sp³-hybridized carbons (Fsp3) is 0.600. The molecule has 1 aromatic heterocycles. The highest BCUT2D eigenvalue weighted by Crippen LogP contribution is 2.18. The maximum atomic E-state index is 12.4. The molecule has 1 heterocycles. The number of hydrogen-bond acceptors (Lipinski definition) is 5. The number of aromatic nitrogens is 2. The van der Waals surface area contributed by atoms with Crippen LogP contribution in [-0.4, -0.2) is 39.0 Å². The number of carboxylic acid groups (broad SMARTS) is 1. The summed E-state index contributed by atoms with van der Waals surface area (Å²) in [7, 11) is 0. The van der Waals surface area contributed by atoms with Gasteiger partial charge in [0.15, 0.2) is 5.49 Å². The first-order valence-corrected chi connectivity index (χ1v) is 8.43. The van der Waals surface area contributed by atoms with E-state index in [9.17, 15) is 14.4 Å². The molecule has 0 saturated carbocycles. The van der Waals surface area contributed by atoms with Gasteiger partial charge in [0.1, 0.15) is 6.61 Å². The molecule has 0 bridgehead atoms. The Hall–Kier alpha value is -2.29. The molecule has 0 aliphatic rings. The lowest BCUT2D eigenvalue weighted by atomic mass is 9.97. The van der Waals surface area contributed by atoms with E-state index >= 15 is 0 Å². The summed E-state index contributed by atoms with van der Waals surface area (Å²) in [5, 5.41) is 13.0. The van der Waals surface area contributed by atoms with Crippen LogP contribution in [0.25, 0.3) is 0 Å². The predicted molar refractivity (Wildman–Crippen MR) is 91.1 cm³/mol. The third-order valence-electron chi connectivity index (χ3n) is 3.60. The number of nitrogens with one attached hydrogen (secondary N) is 1. The Labute approximate surface area is 149 Å². The minimum absolute atomic E-state index is 0.131. The lowest BCUT2D eigenvalue weighted by molar-refractivity contribution is -0.139. The number of primary amides is 1. The van der Waals surface area contributed by atoms with E-state index in [4.69, 9.17) is 27.3 Å². The lowest BCUT2D eigenvalue weighted by Crippen LogP contribution is -2.41. The van der Waals surface area contributed by atoms with Crippen molar-refractivity contribution in [3.63, 3.8) is 0 Å². The van der Waals surface area contributed by atoms with Crippen LogP contribution in [0, 0.1) is 6.92 Å². The molecule has 25 heavy (non-hydrogen) atoms. The standard InChI is InChI=1S/C15H23ClN4O5/c1-3-25-19-14-9(2)12(10(13(17)23)8-11(21)22)18-15(24)20(14)7-5-4-6-16/h10H,3-8H2,1-2H3,(H2,17,23)(H,18,24)(H,21,22)/b19-14+. The fourth-order valence-electron chi connectivity index (χ4n) is 2.38. The smallest absolute Gasteiger partial charge is 0.327 e. The number of nitrogens with zero attached hydrogens (tertiary/aromatic N) is 2. The molecule has 9 nitrogen and oxygen atoms in total. The minimum atomic E-state index is -1.20. The zero-order valence-electron chi connectivity index (χ0n) is 14.2. The molecule has 1 amide bonds. The second-order valence-electron chi connectivity index (χ2n) is 5.40. The van der Waals surface area contributed by atoms with Crippen molar-refractivity contribution in [1.29, 1.82) is 0 Å².